The molecule has 8 nitrogen and oxygen atoms in total. The van der Waals surface area contributed by atoms with E-state index in [1.54, 1.807) is 15.8 Å². The van der Waals surface area contributed by atoms with Crippen LogP contribution < -0.4 is 15.2 Å². The molecule has 0 atom stereocenters. The van der Waals surface area contributed by atoms with Gasteiger partial charge in [-0.05, 0) is 40.7 Å². The standard InChI is InChI=1S/C33H31N3O5/c1-23(37)40-20-19-34-22-36(30-27-13-7-5-11-25(27)15-16-26-12-6-8-14-28(26)30)35-18-17-29(38)32(31(35)33(34)39)41-21-24-9-3-2-4-10-24/h2-14,17-18,30H,15-16,19-22H2,1H3. The third kappa shape index (κ3) is 5.20. The second kappa shape index (κ2) is 11.3. The number of amides is 1. The van der Waals surface area contributed by atoms with Crippen LogP contribution in [0.4, 0.5) is 0 Å². The van der Waals surface area contributed by atoms with Gasteiger partial charge in [0.25, 0.3) is 5.91 Å². The van der Waals surface area contributed by atoms with Gasteiger partial charge in [0.1, 0.15) is 19.9 Å². The van der Waals surface area contributed by atoms with E-state index in [2.05, 4.69) is 41.4 Å². The van der Waals surface area contributed by atoms with Gasteiger partial charge < -0.3 is 14.4 Å². The first kappa shape index (κ1) is 26.4. The minimum absolute atomic E-state index is 0.00117. The number of fused-ring (bicyclic) bond motifs is 3. The average molecular weight is 550 g/mol. The molecule has 0 bridgehead atoms. The first-order chi connectivity index (χ1) is 20.0. The Hall–Kier alpha value is -4.85. The van der Waals surface area contributed by atoms with Crippen molar-refractivity contribution < 1.29 is 19.1 Å². The number of aryl methyl sites for hydroxylation is 2. The Bertz CT molecular complexity index is 1600. The number of carbonyl (C=O) groups is 2. The number of rotatable bonds is 7. The molecule has 1 amide bonds. The Morgan fingerprint density at radius 2 is 1.49 bits per heavy atom. The predicted molar refractivity (Wildman–Crippen MR) is 154 cm³/mol. The molecule has 2 aliphatic rings. The molecule has 1 aliphatic heterocycles. The van der Waals surface area contributed by atoms with Crippen molar-refractivity contribution in [2.24, 2.45) is 0 Å². The van der Waals surface area contributed by atoms with Gasteiger partial charge in [-0.1, -0.05) is 78.9 Å². The molecule has 3 aromatic carbocycles. The van der Waals surface area contributed by atoms with Gasteiger partial charge in [-0.3, -0.25) is 24.1 Å². The maximum Gasteiger partial charge on any atom is 0.302 e. The third-order valence-corrected chi connectivity index (χ3v) is 7.67. The van der Waals surface area contributed by atoms with Gasteiger partial charge in [0.15, 0.2) is 11.4 Å². The summed E-state index contributed by atoms with van der Waals surface area (Å²) in [6.45, 7) is 1.93. The Labute approximate surface area is 238 Å². The van der Waals surface area contributed by atoms with Gasteiger partial charge in [0.05, 0.1) is 12.6 Å². The molecule has 0 fully saturated rings. The maximum atomic E-state index is 14.0. The van der Waals surface area contributed by atoms with Crippen LogP contribution in [0, 0.1) is 0 Å². The van der Waals surface area contributed by atoms with Crippen LogP contribution in [-0.2, 0) is 29.0 Å². The molecule has 0 spiro atoms. The van der Waals surface area contributed by atoms with E-state index in [4.69, 9.17) is 9.47 Å². The quantitative estimate of drug-likeness (QED) is 0.321. The number of carbonyl (C=O) groups excluding carboxylic acids is 2. The van der Waals surface area contributed by atoms with Crippen LogP contribution >= 0.6 is 0 Å². The van der Waals surface area contributed by atoms with Crippen LogP contribution in [0.3, 0.4) is 0 Å². The Morgan fingerprint density at radius 3 is 2.15 bits per heavy atom. The van der Waals surface area contributed by atoms with E-state index in [-0.39, 0.29) is 55.2 Å². The van der Waals surface area contributed by atoms with Crippen molar-refractivity contribution in [2.45, 2.75) is 32.4 Å². The zero-order valence-electron chi connectivity index (χ0n) is 22.9. The van der Waals surface area contributed by atoms with E-state index in [0.29, 0.717) is 0 Å². The van der Waals surface area contributed by atoms with E-state index in [9.17, 15) is 14.4 Å². The van der Waals surface area contributed by atoms with Crippen molar-refractivity contribution in [3.05, 3.63) is 135 Å². The smallest absolute Gasteiger partial charge is 0.302 e. The van der Waals surface area contributed by atoms with Crippen LogP contribution in [0.1, 0.15) is 51.3 Å². The zero-order chi connectivity index (χ0) is 28.3. The molecule has 0 saturated heterocycles. The Balaban J connectivity index is 1.49. The highest BCUT2D eigenvalue weighted by atomic mass is 16.5. The van der Waals surface area contributed by atoms with E-state index >= 15 is 0 Å². The third-order valence-electron chi connectivity index (χ3n) is 7.67. The van der Waals surface area contributed by atoms with E-state index in [0.717, 1.165) is 29.5 Å². The number of ether oxygens (including phenoxy) is 2. The molecular formula is C33H31N3O5. The fraction of sp³-hybridized carbons (Fsp3) is 0.242. The summed E-state index contributed by atoms with van der Waals surface area (Å²) < 4.78 is 13.1. The summed E-state index contributed by atoms with van der Waals surface area (Å²) in [6, 6.07) is 27.5. The SMILES string of the molecule is CC(=O)OCCN1CN(C2c3ccccc3CCc3ccccc32)n2ccc(=O)c(OCc3ccccc3)c2C1=O. The molecule has 6 rings (SSSR count). The topological polar surface area (TPSA) is 81.1 Å². The molecule has 1 aromatic heterocycles. The van der Waals surface area contributed by atoms with Crippen LogP contribution in [0.25, 0.3) is 0 Å². The van der Waals surface area contributed by atoms with Crippen molar-refractivity contribution >= 4 is 11.9 Å². The number of esters is 1. The summed E-state index contributed by atoms with van der Waals surface area (Å²) in [5, 5.41) is 2.10. The highest BCUT2D eigenvalue weighted by Crippen LogP contribution is 2.38. The minimum atomic E-state index is -0.415. The number of aromatic nitrogens is 1. The lowest BCUT2D eigenvalue weighted by molar-refractivity contribution is -0.141. The van der Waals surface area contributed by atoms with E-state index in [1.165, 1.54) is 24.1 Å². The number of benzene rings is 3. The lowest BCUT2D eigenvalue weighted by Crippen LogP contribution is -2.56. The van der Waals surface area contributed by atoms with Gasteiger partial charge in [-0.15, -0.1) is 0 Å². The van der Waals surface area contributed by atoms with Crippen molar-refractivity contribution in [2.75, 3.05) is 24.8 Å². The second-order valence-electron chi connectivity index (χ2n) is 10.3. The lowest BCUT2D eigenvalue weighted by Gasteiger charge is -2.44. The van der Waals surface area contributed by atoms with E-state index in [1.807, 2.05) is 42.5 Å². The van der Waals surface area contributed by atoms with Gasteiger partial charge >= 0.3 is 5.97 Å². The van der Waals surface area contributed by atoms with Crippen molar-refractivity contribution in [1.29, 1.82) is 0 Å². The Kier molecular flexibility index (Phi) is 7.29. The molecular weight excluding hydrogens is 518 g/mol. The summed E-state index contributed by atoms with van der Waals surface area (Å²) in [4.78, 5) is 40.3. The molecule has 2 heterocycles. The molecule has 0 saturated carbocycles. The summed E-state index contributed by atoms with van der Waals surface area (Å²) in [5.41, 5.74) is 5.42. The number of nitrogens with zero attached hydrogens (tertiary/aromatic N) is 3. The first-order valence-electron chi connectivity index (χ1n) is 13.8. The molecule has 0 N–H and O–H groups in total. The molecule has 1 aliphatic carbocycles. The number of hydrogen-bond donors (Lipinski definition) is 0. The largest absolute Gasteiger partial charge is 0.482 e. The monoisotopic (exact) mass is 549 g/mol. The van der Waals surface area contributed by atoms with Crippen LogP contribution in [0.15, 0.2) is 95.9 Å². The van der Waals surface area contributed by atoms with Gasteiger partial charge in [-0.25, -0.2) is 0 Å². The highest BCUT2D eigenvalue weighted by molar-refractivity contribution is 5.96. The molecule has 8 heteroatoms. The molecule has 0 radical (unpaired) electrons. The fourth-order valence-corrected chi connectivity index (χ4v) is 5.74. The van der Waals surface area contributed by atoms with Crippen molar-refractivity contribution in [3.63, 3.8) is 0 Å². The summed E-state index contributed by atoms with van der Waals surface area (Å²) in [5.74, 6) is -0.774. The number of hydrogen-bond acceptors (Lipinski definition) is 6. The number of pyridine rings is 1. The predicted octanol–water partition coefficient (Wildman–Crippen LogP) is 4.23. The fourth-order valence-electron chi connectivity index (χ4n) is 5.74. The van der Waals surface area contributed by atoms with Gasteiger partial charge in [0, 0.05) is 19.2 Å². The van der Waals surface area contributed by atoms with Gasteiger partial charge in [-0.2, -0.15) is 0 Å². The second-order valence-corrected chi connectivity index (χ2v) is 10.3. The van der Waals surface area contributed by atoms with Crippen molar-refractivity contribution in [3.8, 4) is 5.75 Å². The minimum Gasteiger partial charge on any atom is -0.482 e. The van der Waals surface area contributed by atoms with Crippen LogP contribution in [0.5, 0.6) is 5.75 Å². The summed E-state index contributed by atoms with van der Waals surface area (Å²) in [6.07, 6.45) is 3.45. The highest BCUT2D eigenvalue weighted by Gasteiger charge is 2.38. The van der Waals surface area contributed by atoms with Gasteiger partial charge in [0.2, 0.25) is 5.43 Å². The summed E-state index contributed by atoms with van der Waals surface area (Å²) >= 11 is 0. The zero-order valence-corrected chi connectivity index (χ0v) is 22.9. The normalized spacial score (nSPS) is 14.5. The van der Waals surface area contributed by atoms with Crippen LogP contribution in [0.2, 0.25) is 0 Å². The molecule has 41 heavy (non-hydrogen) atoms. The molecule has 0 unspecified atom stereocenters. The molecule has 4 aromatic rings. The summed E-state index contributed by atoms with van der Waals surface area (Å²) in [7, 11) is 0. The molecule has 208 valence electrons. The van der Waals surface area contributed by atoms with Crippen LogP contribution in [-0.4, -0.2) is 41.3 Å². The maximum absolute atomic E-state index is 14.0. The first-order valence-corrected chi connectivity index (χ1v) is 13.8. The lowest BCUT2D eigenvalue weighted by atomic mass is 9.94. The van der Waals surface area contributed by atoms with Crippen molar-refractivity contribution in [1.82, 2.24) is 9.58 Å². The van der Waals surface area contributed by atoms with E-state index < -0.39 is 5.97 Å². The Morgan fingerprint density at radius 1 is 0.854 bits per heavy atom. The average Bonchev–Trinajstić information content (AvgIpc) is 3.15.